The molecule has 7 heteroatoms. The molecule has 0 unspecified atom stereocenters. The van der Waals surface area contributed by atoms with Crippen molar-refractivity contribution in [2.75, 3.05) is 46.4 Å². The molecule has 1 aliphatic rings. The molecule has 126 valence electrons. The summed E-state index contributed by atoms with van der Waals surface area (Å²) in [6.07, 6.45) is 0. The summed E-state index contributed by atoms with van der Waals surface area (Å²) < 4.78 is 10.7. The van der Waals surface area contributed by atoms with Crippen molar-refractivity contribution in [1.82, 2.24) is 4.90 Å². The molecule has 0 atom stereocenters. The van der Waals surface area contributed by atoms with E-state index in [1.165, 1.54) is 0 Å². The summed E-state index contributed by atoms with van der Waals surface area (Å²) in [4.78, 5) is 15.5. The number of thiocarbonyl (C=S) groups is 1. The van der Waals surface area contributed by atoms with E-state index in [4.69, 9.17) is 27.4 Å². The lowest BCUT2D eigenvalue weighted by Crippen LogP contribution is -3.14. The minimum atomic E-state index is -0.525. The van der Waals surface area contributed by atoms with E-state index in [1.54, 1.807) is 18.1 Å². The van der Waals surface area contributed by atoms with E-state index in [-0.39, 0.29) is 6.61 Å². The fourth-order valence-corrected chi connectivity index (χ4v) is 2.94. The third-order valence-electron chi connectivity index (χ3n) is 4.04. The van der Waals surface area contributed by atoms with Crippen LogP contribution in [0.15, 0.2) is 18.2 Å². The fraction of sp³-hybridized carbons (Fsp3) is 0.500. The second-order valence-corrected chi connectivity index (χ2v) is 5.90. The van der Waals surface area contributed by atoms with Crippen LogP contribution in [0.3, 0.4) is 0 Å². The number of methoxy groups -OCH3 is 1. The van der Waals surface area contributed by atoms with Crippen molar-refractivity contribution < 1.29 is 19.2 Å². The number of nitrogens with one attached hydrogen (secondary N) is 1. The van der Waals surface area contributed by atoms with Crippen molar-refractivity contribution in [3.63, 3.8) is 0 Å². The maximum atomic E-state index is 10.8. The number of rotatable bonds is 6. The van der Waals surface area contributed by atoms with Crippen LogP contribution in [0.2, 0.25) is 0 Å². The van der Waals surface area contributed by atoms with Crippen molar-refractivity contribution in [3.8, 4) is 11.5 Å². The lowest BCUT2D eigenvalue weighted by atomic mass is 10.1. The molecule has 1 aromatic carbocycles. The molecule has 3 N–H and O–H groups in total. The van der Waals surface area contributed by atoms with Crippen LogP contribution in [0.4, 0.5) is 0 Å². The molecule has 0 radical (unpaired) electrons. The topological polar surface area (TPSA) is 69.2 Å². The quantitative estimate of drug-likeness (QED) is 0.682. The van der Waals surface area contributed by atoms with Crippen LogP contribution in [0, 0.1) is 0 Å². The van der Waals surface area contributed by atoms with Crippen LogP contribution in [0.1, 0.15) is 12.5 Å². The van der Waals surface area contributed by atoms with E-state index in [9.17, 15) is 4.79 Å². The van der Waals surface area contributed by atoms with E-state index in [1.807, 2.05) is 12.1 Å². The molecule has 1 aromatic rings. The number of nitrogens with zero attached hydrogens (tertiary/aromatic N) is 1. The van der Waals surface area contributed by atoms with Crippen molar-refractivity contribution in [2.24, 2.45) is 5.73 Å². The summed E-state index contributed by atoms with van der Waals surface area (Å²) in [5.74, 6) is 0.505. The zero-order valence-electron chi connectivity index (χ0n) is 13.6. The van der Waals surface area contributed by atoms with Crippen LogP contribution in [-0.2, 0) is 4.79 Å². The number of hydrogen-bond donors (Lipinski definition) is 2. The lowest BCUT2D eigenvalue weighted by molar-refractivity contribution is -0.902. The molecular formula is C16H24N3O3S+. The molecule has 0 bridgehead atoms. The van der Waals surface area contributed by atoms with Crippen LogP contribution in [0.25, 0.3) is 0 Å². The molecule has 1 heterocycles. The number of benzene rings is 1. The largest absolute Gasteiger partial charge is 0.493 e. The monoisotopic (exact) mass is 338 g/mol. The summed E-state index contributed by atoms with van der Waals surface area (Å²) in [5.41, 5.74) is 6.02. The van der Waals surface area contributed by atoms with Crippen LogP contribution < -0.4 is 20.1 Å². The van der Waals surface area contributed by atoms with Gasteiger partial charge in [0.1, 0.15) is 4.99 Å². The number of quaternary nitrogens is 1. The minimum absolute atomic E-state index is 0.179. The Bertz CT molecular complexity index is 572. The molecule has 0 aromatic heterocycles. The molecule has 1 fully saturated rings. The number of hydrogen-bond acceptors (Lipinski definition) is 4. The number of amides is 1. The molecule has 2 rings (SSSR count). The van der Waals surface area contributed by atoms with Gasteiger partial charge in [0, 0.05) is 5.56 Å². The number of carbonyl (C=O) groups is 1. The average molecular weight is 338 g/mol. The standard InChI is InChI=1S/C16H23N3O3S/c1-3-18-6-8-19(9-7-18)16(23)12-4-5-13(14(10-12)21-2)22-11-15(17)20/h4-5,10H,3,6-9,11H2,1-2H3,(H2,17,20)/p+1. The predicted octanol–water partition coefficient (Wildman–Crippen LogP) is -0.545. The first-order chi connectivity index (χ1) is 11.0. The Kier molecular flexibility index (Phi) is 6.18. The van der Waals surface area contributed by atoms with Crippen LogP contribution in [0.5, 0.6) is 11.5 Å². The van der Waals surface area contributed by atoms with E-state index in [2.05, 4.69) is 11.8 Å². The van der Waals surface area contributed by atoms with E-state index in [0.29, 0.717) is 11.5 Å². The van der Waals surface area contributed by atoms with Crippen molar-refractivity contribution in [3.05, 3.63) is 23.8 Å². The number of carbonyl (C=O) groups excluding carboxylic acids is 1. The van der Waals surface area contributed by atoms with Gasteiger partial charge in [-0.2, -0.15) is 0 Å². The molecular weight excluding hydrogens is 314 g/mol. The lowest BCUT2D eigenvalue weighted by Gasteiger charge is -2.33. The van der Waals surface area contributed by atoms with Gasteiger partial charge in [-0.05, 0) is 25.1 Å². The van der Waals surface area contributed by atoms with Gasteiger partial charge in [-0.15, -0.1) is 0 Å². The van der Waals surface area contributed by atoms with Gasteiger partial charge in [0.05, 0.1) is 39.8 Å². The highest BCUT2D eigenvalue weighted by molar-refractivity contribution is 7.80. The molecule has 1 aliphatic heterocycles. The average Bonchev–Trinajstić information content (AvgIpc) is 2.59. The first-order valence-corrected chi connectivity index (χ1v) is 8.18. The van der Waals surface area contributed by atoms with Gasteiger partial charge in [-0.1, -0.05) is 12.2 Å². The zero-order chi connectivity index (χ0) is 16.8. The van der Waals surface area contributed by atoms with E-state index < -0.39 is 5.91 Å². The number of likely N-dealkylation sites (N-methyl/N-ethyl adjacent to an activating group) is 1. The van der Waals surface area contributed by atoms with Gasteiger partial charge in [0.15, 0.2) is 18.1 Å². The number of primary amides is 1. The third kappa shape index (κ3) is 4.56. The maximum absolute atomic E-state index is 10.8. The maximum Gasteiger partial charge on any atom is 0.255 e. The third-order valence-corrected chi connectivity index (χ3v) is 4.53. The summed E-state index contributed by atoms with van der Waals surface area (Å²) >= 11 is 5.62. The van der Waals surface area contributed by atoms with Gasteiger partial charge in [-0.25, -0.2) is 0 Å². The predicted molar refractivity (Wildman–Crippen MR) is 92.2 cm³/mol. The Morgan fingerprint density at radius 1 is 1.35 bits per heavy atom. The highest BCUT2D eigenvalue weighted by Gasteiger charge is 2.22. The number of piperazine rings is 1. The number of nitrogens with two attached hydrogens (primary N) is 1. The second kappa shape index (κ2) is 8.12. The highest BCUT2D eigenvalue weighted by Crippen LogP contribution is 2.28. The first kappa shape index (κ1) is 17.5. The molecule has 0 aliphatic carbocycles. The Morgan fingerprint density at radius 3 is 2.61 bits per heavy atom. The Labute approximate surface area is 142 Å². The number of ether oxygens (including phenoxy) is 2. The highest BCUT2D eigenvalue weighted by atomic mass is 32.1. The SMILES string of the molecule is CC[NH+]1CCN(C(=S)c2ccc(OCC(N)=O)c(OC)c2)CC1. The van der Waals surface area contributed by atoms with Gasteiger partial charge >= 0.3 is 0 Å². The molecule has 0 spiro atoms. The van der Waals surface area contributed by atoms with Gasteiger partial charge in [0.2, 0.25) is 0 Å². The second-order valence-electron chi connectivity index (χ2n) is 5.52. The molecule has 1 saturated heterocycles. The Morgan fingerprint density at radius 2 is 2.04 bits per heavy atom. The smallest absolute Gasteiger partial charge is 0.255 e. The van der Waals surface area contributed by atoms with Crippen molar-refractivity contribution in [2.45, 2.75) is 6.92 Å². The van der Waals surface area contributed by atoms with Crippen molar-refractivity contribution >= 4 is 23.1 Å². The summed E-state index contributed by atoms with van der Waals surface area (Å²) in [6.45, 7) is 7.32. The Hall–Kier alpha value is -1.86. The van der Waals surface area contributed by atoms with E-state index >= 15 is 0 Å². The van der Waals surface area contributed by atoms with Crippen LogP contribution in [-0.4, -0.2) is 62.2 Å². The molecule has 23 heavy (non-hydrogen) atoms. The molecule has 0 saturated carbocycles. The summed E-state index contributed by atoms with van der Waals surface area (Å²) in [6, 6.07) is 5.49. The van der Waals surface area contributed by atoms with E-state index in [0.717, 1.165) is 43.3 Å². The van der Waals surface area contributed by atoms with Gasteiger partial charge in [0.25, 0.3) is 5.91 Å². The normalized spacial score (nSPS) is 15.3. The van der Waals surface area contributed by atoms with Crippen LogP contribution >= 0.6 is 12.2 Å². The molecule has 1 amide bonds. The minimum Gasteiger partial charge on any atom is -0.493 e. The van der Waals surface area contributed by atoms with Gasteiger partial charge in [-0.3, -0.25) is 4.79 Å². The zero-order valence-corrected chi connectivity index (χ0v) is 14.4. The fourth-order valence-electron chi connectivity index (χ4n) is 2.63. The molecule has 6 nitrogen and oxygen atoms in total. The Balaban J connectivity index is 2.07. The summed E-state index contributed by atoms with van der Waals surface area (Å²) in [7, 11) is 1.56. The van der Waals surface area contributed by atoms with Gasteiger partial charge < -0.3 is 25.0 Å². The summed E-state index contributed by atoms with van der Waals surface area (Å²) in [5, 5.41) is 0. The first-order valence-electron chi connectivity index (χ1n) is 7.77. The van der Waals surface area contributed by atoms with Crippen molar-refractivity contribution in [1.29, 1.82) is 0 Å².